The fourth-order valence-electron chi connectivity index (χ4n) is 4.65. The largest absolute Gasteiger partial charge is 0.405 e. The van der Waals surface area contributed by atoms with Crippen LogP contribution in [0.25, 0.3) is 10.9 Å². The highest BCUT2D eigenvalue weighted by atomic mass is 16.5. The highest BCUT2D eigenvalue weighted by molar-refractivity contribution is 5.81. The average molecular weight is 470 g/mol. The molecule has 0 radical (unpaired) electrons. The van der Waals surface area contributed by atoms with Gasteiger partial charge in [-0.05, 0) is 44.5 Å². The van der Waals surface area contributed by atoms with E-state index in [1.807, 2.05) is 74.6 Å². The Balaban J connectivity index is 1.37. The number of aryl methyl sites for hydroxylation is 1. The van der Waals surface area contributed by atoms with Gasteiger partial charge >= 0.3 is 5.63 Å². The summed E-state index contributed by atoms with van der Waals surface area (Å²) in [7, 11) is 2.02. The predicted octanol–water partition coefficient (Wildman–Crippen LogP) is 4.74. The Bertz CT molecular complexity index is 1440. The van der Waals surface area contributed by atoms with E-state index < -0.39 is 11.2 Å². The molecule has 1 aliphatic heterocycles. The molecule has 0 aliphatic carbocycles. The van der Waals surface area contributed by atoms with Gasteiger partial charge in [0.05, 0.1) is 10.9 Å². The monoisotopic (exact) mass is 469 g/mol. The molecular formula is C28H27N3O4. The summed E-state index contributed by atoms with van der Waals surface area (Å²) in [5, 5.41) is 3.35. The van der Waals surface area contributed by atoms with Crippen LogP contribution in [0.3, 0.4) is 0 Å². The molecule has 0 saturated carbocycles. The number of rotatable bonds is 5. The molecule has 5 rings (SSSR count). The smallest absolute Gasteiger partial charge is 0.347 e. The molecule has 2 heterocycles. The molecule has 7 heteroatoms. The van der Waals surface area contributed by atoms with E-state index in [9.17, 15) is 9.59 Å². The van der Waals surface area contributed by atoms with Crippen molar-refractivity contribution in [3.05, 3.63) is 99.7 Å². The number of carbonyl (C=O) groups excluding carboxylic acids is 1. The third-order valence-corrected chi connectivity index (χ3v) is 6.40. The summed E-state index contributed by atoms with van der Waals surface area (Å²) in [6.07, 6.45) is -0.382. The Morgan fingerprint density at radius 1 is 1.03 bits per heavy atom. The van der Waals surface area contributed by atoms with Gasteiger partial charge in [-0.1, -0.05) is 48.5 Å². The van der Waals surface area contributed by atoms with Crippen molar-refractivity contribution in [2.45, 2.75) is 32.4 Å². The van der Waals surface area contributed by atoms with Gasteiger partial charge in [0.15, 0.2) is 0 Å². The van der Waals surface area contributed by atoms with E-state index in [0.717, 1.165) is 28.1 Å². The number of nitrogens with one attached hydrogen (secondary N) is 1. The first-order valence-corrected chi connectivity index (χ1v) is 11.5. The van der Waals surface area contributed by atoms with Crippen molar-refractivity contribution in [3.8, 4) is 0 Å². The van der Waals surface area contributed by atoms with Crippen molar-refractivity contribution in [1.29, 1.82) is 0 Å². The van der Waals surface area contributed by atoms with Crippen molar-refractivity contribution in [2.24, 2.45) is 0 Å². The number of fused-ring (bicyclic) bond motifs is 3. The molecule has 1 amide bonds. The molecule has 35 heavy (non-hydrogen) atoms. The van der Waals surface area contributed by atoms with E-state index in [1.165, 1.54) is 0 Å². The van der Waals surface area contributed by atoms with E-state index in [2.05, 4.69) is 15.2 Å². The molecular weight excluding hydrogens is 442 g/mol. The van der Waals surface area contributed by atoms with Crippen LogP contribution in [-0.4, -0.2) is 24.5 Å². The van der Waals surface area contributed by atoms with Crippen molar-refractivity contribution >= 4 is 28.2 Å². The average Bonchev–Trinajstić information content (AvgIpc) is 2.83. The van der Waals surface area contributed by atoms with Crippen LogP contribution in [0, 0.1) is 6.92 Å². The van der Waals surface area contributed by atoms with Crippen molar-refractivity contribution in [2.75, 3.05) is 18.6 Å². The van der Waals surface area contributed by atoms with Crippen LogP contribution in [0.5, 0.6) is 0 Å². The normalized spacial score (nSPS) is 13.4. The molecule has 1 N–H and O–H groups in total. The van der Waals surface area contributed by atoms with Crippen LogP contribution < -0.4 is 15.8 Å². The summed E-state index contributed by atoms with van der Waals surface area (Å²) >= 11 is 0. The van der Waals surface area contributed by atoms with E-state index in [4.69, 9.17) is 9.15 Å². The first-order valence-electron chi connectivity index (χ1n) is 11.5. The summed E-state index contributed by atoms with van der Waals surface area (Å²) in [6.45, 7) is 5.16. The maximum absolute atomic E-state index is 13.0. The summed E-state index contributed by atoms with van der Waals surface area (Å²) < 4.78 is 11.7. The number of nitrogens with zero attached hydrogens (tertiary/aromatic N) is 2. The zero-order valence-corrected chi connectivity index (χ0v) is 20.2. The van der Waals surface area contributed by atoms with Crippen LogP contribution in [0.1, 0.15) is 42.5 Å². The van der Waals surface area contributed by atoms with E-state index >= 15 is 0 Å². The number of para-hydroxylation sites is 2. The highest BCUT2D eigenvalue weighted by Crippen LogP contribution is 2.44. The quantitative estimate of drug-likeness (QED) is 0.455. The topological polar surface area (TPSA) is 84.7 Å². The van der Waals surface area contributed by atoms with Crippen molar-refractivity contribution in [1.82, 2.24) is 10.3 Å². The molecule has 7 nitrogen and oxygen atoms in total. The Morgan fingerprint density at radius 3 is 2.31 bits per heavy atom. The van der Waals surface area contributed by atoms with Gasteiger partial charge in [-0.3, -0.25) is 4.79 Å². The lowest BCUT2D eigenvalue weighted by molar-refractivity contribution is -0.129. The standard InChI is InChI=1S/C28H27N3O4/c1-17-10-9-13-20-24(17)26(33)35-27(29-20)28(2,3)30-23(32)16-34-25-18-11-5-7-14-21(18)31(4)22-15-8-6-12-19(22)25/h5-15,25H,16H2,1-4H3,(H,30,32). The molecule has 1 aromatic heterocycles. The van der Waals surface area contributed by atoms with Crippen molar-refractivity contribution < 1.29 is 13.9 Å². The summed E-state index contributed by atoms with van der Waals surface area (Å²) in [5.74, 6) is -0.193. The SMILES string of the molecule is Cc1cccc2nc(C(C)(C)NC(=O)COC3c4ccccc4N(C)c4ccccc43)oc(=O)c12. The van der Waals surface area contributed by atoms with Crippen LogP contribution in [-0.2, 0) is 15.1 Å². The second-order valence-corrected chi connectivity index (χ2v) is 9.32. The van der Waals surface area contributed by atoms with Crippen LogP contribution in [0.15, 0.2) is 75.9 Å². The Hall–Kier alpha value is -3.97. The predicted molar refractivity (Wildman–Crippen MR) is 135 cm³/mol. The zero-order chi connectivity index (χ0) is 24.7. The molecule has 0 atom stereocenters. The number of carbonyl (C=O) groups is 1. The second-order valence-electron chi connectivity index (χ2n) is 9.32. The Kier molecular flexibility index (Phi) is 5.65. The number of hydrogen-bond donors (Lipinski definition) is 1. The van der Waals surface area contributed by atoms with Gasteiger partial charge in [-0.25, -0.2) is 9.78 Å². The minimum atomic E-state index is -1.01. The minimum Gasteiger partial charge on any atom is -0.405 e. The lowest BCUT2D eigenvalue weighted by atomic mass is 9.93. The highest BCUT2D eigenvalue weighted by Gasteiger charge is 2.32. The molecule has 178 valence electrons. The molecule has 3 aromatic carbocycles. The molecule has 0 fully saturated rings. The molecule has 1 aliphatic rings. The Morgan fingerprint density at radius 2 is 1.66 bits per heavy atom. The summed E-state index contributed by atoms with van der Waals surface area (Å²) in [5.41, 5.74) is 3.92. The molecule has 0 bridgehead atoms. The van der Waals surface area contributed by atoms with E-state index in [0.29, 0.717) is 10.9 Å². The van der Waals surface area contributed by atoms with Gasteiger partial charge in [-0.15, -0.1) is 0 Å². The van der Waals surface area contributed by atoms with Gasteiger partial charge in [0, 0.05) is 29.5 Å². The van der Waals surface area contributed by atoms with Crippen LogP contribution >= 0.6 is 0 Å². The van der Waals surface area contributed by atoms with E-state index in [-0.39, 0.29) is 24.5 Å². The fourth-order valence-corrected chi connectivity index (χ4v) is 4.65. The van der Waals surface area contributed by atoms with Gasteiger partial charge in [0.2, 0.25) is 11.8 Å². The second kappa shape index (κ2) is 8.67. The fraction of sp³-hybridized carbons (Fsp3) is 0.250. The third kappa shape index (κ3) is 4.08. The molecule has 0 unspecified atom stereocenters. The molecule has 0 saturated heterocycles. The van der Waals surface area contributed by atoms with Crippen LogP contribution in [0.2, 0.25) is 0 Å². The van der Waals surface area contributed by atoms with Crippen LogP contribution in [0.4, 0.5) is 11.4 Å². The molecule has 0 spiro atoms. The van der Waals surface area contributed by atoms with Gasteiger partial charge in [-0.2, -0.15) is 0 Å². The zero-order valence-electron chi connectivity index (χ0n) is 20.2. The first kappa shape index (κ1) is 22.8. The van der Waals surface area contributed by atoms with Gasteiger partial charge in [0.25, 0.3) is 0 Å². The van der Waals surface area contributed by atoms with Crippen molar-refractivity contribution in [3.63, 3.8) is 0 Å². The Labute approximate surface area is 203 Å². The lowest BCUT2D eigenvalue weighted by Gasteiger charge is -2.35. The minimum absolute atomic E-state index is 0.143. The molecule has 4 aromatic rings. The lowest BCUT2D eigenvalue weighted by Crippen LogP contribution is -2.44. The maximum Gasteiger partial charge on any atom is 0.347 e. The van der Waals surface area contributed by atoms with E-state index in [1.54, 1.807) is 19.9 Å². The summed E-state index contributed by atoms with van der Waals surface area (Å²) in [6, 6.07) is 21.5. The number of aromatic nitrogens is 1. The van der Waals surface area contributed by atoms with Gasteiger partial charge in [0.1, 0.15) is 18.2 Å². The number of amides is 1. The maximum atomic E-state index is 13.0. The number of ether oxygens (including phenoxy) is 1. The number of anilines is 2. The summed E-state index contributed by atoms with van der Waals surface area (Å²) in [4.78, 5) is 32.2. The number of hydrogen-bond acceptors (Lipinski definition) is 6. The first-order chi connectivity index (χ1) is 16.8. The third-order valence-electron chi connectivity index (χ3n) is 6.40. The van der Waals surface area contributed by atoms with Gasteiger partial charge < -0.3 is 19.4 Å². The number of benzene rings is 3.